The lowest BCUT2D eigenvalue weighted by Crippen LogP contribution is -2.22. The number of anilines is 2. The number of carbonyl (C=O) groups is 6. The quantitative estimate of drug-likeness (QED) is 0.142. The molecule has 9 aliphatic heterocycles. The number of amides is 6. The zero-order valence-electron chi connectivity index (χ0n) is 73.3. The van der Waals surface area contributed by atoms with Crippen molar-refractivity contribution < 1.29 is 28.8 Å². The van der Waals surface area contributed by atoms with Crippen LogP contribution in [-0.4, -0.2) is 104 Å². The first-order valence-corrected chi connectivity index (χ1v) is 46.7. The van der Waals surface area contributed by atoms with Crippen molar-refractivity contribution in [1.82, 2.24) is 58.3 Å². The fourth-order valence-electron chi connectivity index (χ4n) is 21.5. The van der Waals surface area contributed by atoms with Crippen LogP contribution in [0.4, 0.5) is 11.6 Å². The lowest BCUT2D eigenvalue weighted by atomic mass is 9.95. The van der Waals surface area contributed by atoms with Crippen molar-refractivity contribution in [1.29, 1.82) is 0 Å². The van der Waals surface area contributed by atoms with Gasteiger partial charge in [-0.05, 0) is 206 Å². The number of nitrogens with one attached hydrogen (secondary N) is 3. The zero-order valence-corrected chi connectivity index (χ0v) is 73.3. The number of pyridine rings is 3. The average molecular weight is 1720 g/mol. The SMILES string of the molecule is Cc1ccc(-c2cc3cc(n2)CCCn2cc(c4ccccc42)C2=C(C(=O)NC2=O)c2cn(c4ccccc24)CCC3)cc1.O=C1NC(=O)C2=C1c1cn(c3ccccc13)CCCCc1ccc(c(N3CCCC3)n1)CCCCn1cc2c2ccccc21.O=C1NC(=O)C2=C1c1cn(c3ccccc13)CCCc1cc(nc(N3CCCC3)c1)CCCn1cc2c2ccccc21. The third-order valence-corrected chi connectivity index (χ3v) is 27.8. The van der Waals surface area contributed by atoms with Gasteiger partial charge in [-0.15, -0.1) is 0 Å². The van der Waals surface area contributed by atoms with Gasteiger partial charge in [-0.2, -0.15) is 0 Å². The Balaban J connectivity index is 0.000000114. The van der Waals surface area contributed by atoms with E-state index in [0.29, 0.717) is 33.4 Å². The number of nitrogens with zero attached hydrogens (tertiary/aromatic N) is 11. The monoisotopic (exact) mass is 1710 g/mol. The highest BCUT2D eigenvalue weighted by Gasteiger charge is 2.40. The highest BCUT2D eigenvalue weighted by molar-refractivity contribution is 6.53. The van der Waals surface area contributed by atoms with Crippen LogP contribution in [0.1, 0.15) is 150 Å². The Labute approximate surface area is 753 Å². The number of aryl methyl sites for hydroxylation is 13. The number of aromatic nitrogens is 9. The standard InChI is InChI=1S/C38H32N4O2.C37H37N5O2.C35H33N5O2/c1-24-14-16-26(17-15-24)32-21-25-8-6-18-41-22-30(28-10-2-4-12-33(28)41)35-36(38(44)40-37(35)43)31-23-42(19-7-9-27(20-25)39-32)34-13-5-3-11-29(31)34;43-36-33-29-23-41(31-15-3-1-13-27(29)31)21-7-5-11-25-17-18-26(38-35(25)40-19-9-10-20-40)12-6-8-22-42-24-30(34(33)37(44)39-36)28-14-2-4-16-32(28)42;41-34-32-27-21-39(29-13-3-1-11-25(27)29)17-7-9-23-19-24(36-31(20-23)38-15-5-6-16-38)10-8-18-40-22-28(33(32)35(42)37-34)26-12-2-4-14-30(26)40/h2-5,10-17,20-23H,6-9,18-19H2,1H3,(H,40,43,44);1-4,13-18,23-24H,5-12,19-22H2,(H,39,43,44);1-4,11-14,19-22H,5-10,15-18H2,(H,37,41,42). The Hall–Kier alpha value is -14.5. The van der Waals surface area contributed by atoms with Crippen molar-refractivity contribution in [2.75, 3.05) is 36.0 Å². The van der Waals surface area contributed by atoms with Gasteiger partial charge in [0.1, 0.15) is 11.6 Å². The van der Waals surface area contributed by atoms with Crippen LogP contribution in [0.3, 0.4) is 0 Å². The van der Waals surface area contributed by atoms with Crippen LogP contribution < -0.4 is 25.8 Å². The largest absolute Gasteiger partial charge is 0.357 e. The summed E-state index contributed by atoms with van der Waals surface area (Å²) in [6.45, 7) is 11.3. The molecule has 130 heavy (non-hydrogen) atoms. The van der Waals surface area contributed by atoms with E-state index in [0.717, 1.165) is 283 Å². The minimum absolute atomic E-state index is 0.322. The van der Waals surface area contributed by atoms with Gasteiger partial charge >= 0.3 is 0 Å². The van der Waals surface area contributed by atoms with Crippen LogP contribution in [0, 0.1) is 6.92 Å². The first-order chi connectivity index (χ1) is 63.8. The van der Waals surface area contributed by atoms with E-state index in [1.807, 2.05) is 84.9 Å². The van der Waals surface area contributed by atoms with Gasteiger partial charge in [0, 0.05) is 224 Å². The van der Waals surface area contributed by atoms with Crippen molar-refractivity contribution in [3.8, 4) is 11.3 Å². The lowest BCUT2D eigenvalue weighted by Gasteiger charge is -2.21. The molecular weight excluding hydrogens is 1610 g/mol. The highest BCUT2D eigenvalue weighted by Crippen LogP contribution is 2.45. The van der Waals surface area contributed by atoms with Gasteiger partial charge in [-0.1, -0.05) is 145 Å². The number of hydrogen-bond acceptors (Lipinski definition) is 11. The maximum Gasteiger partial charge on any atom is 0.259 e. The first-order valence-electron chi connectivity index (χ1n) is 46.7. The van der Waals surface area contributed by atoms with Crippen LogP contribution >= 0.6 is 0 Å². The van der Waals surface area contributed by atoms with E-state index in [2.05, 4.69) is 219 Å². The van der Waals surface area contributed by atoms with E-state index in [1.165, 1.54) is 59.4 Å². The smallest absolute Gasteiger partial charge is 0.259 e. The fraction of sp³-hybridized carbons (Fsp3) is 0.264. The molecule has 2 fully saturated rings. The maximum absolute atomic E-state index is 13.5. The molecule has 6 amide bonds. The molecule has 20 heteroatoms. The molecule has 0 radical (unpaired) electrons. The highest BCUT2D eigenvalue weighted by atomic mass is 16.2. The summed E-state index contributed by atoms with van der Waals surface area (Å²) in [5.41, 5.74) is 24.8. The lowest BCUT2D eigenvalue weighted by molar-refractivity contribution is -0.124. The number of benzene rings is 7. The summed E-state index contributed by atoms with van der Waals surface area (Å²) in [5.74, 6) is 0.323. The summed E-state index contributed by atoms with van der Waals surface area (Å²) in [6, 6.07) is 71.4. The molecule has 0 saturated carbocycles. The molecule has 0 spiro atoms. The third-order valence-electron chi connectivity index (χ3n) is 27.8. The molecule has 18 heterocycles. The predicted octanol–water partition coefficient (Wildman–Crippen LogP) is 19.4. The van der Waals surface area contributed by atoms with Gasteiger partial charge in [-0.25, -0.2) is 9.97 Å². The molecule has 648 valence electrons. The molecule has 3 N–H and O–H groups in total. The van der Waals surface area contributed by atoms with E-state index in [4.69, 9.17) is 15.0 Å². The molecule has 25 rings (SSSR count). The predicted molar refractivity (Wildman–Crippen MR) is 516 cm³/mol. The third kappa shape index (κ3) is 15.3. The summed E-state index contributed by atoms with van der Waals surface area (Å²) < 4.78 is 13.4. The number of para-hydroxylation sites is 6. The second kappa shape index (κ2) is 34.6. The van der Waals surface area contributed by atoms with Gasteiger partial charge in [-0.3, -0.25) is 49.7 Å². The van der Waals surface area contributed by atoms with Crippen molar-refractivity contribution >= 4 is 146 Å². The molecule has 0 atom stereocenters. The topological polar surface area (TPSA) is 213 Å². The van der Waals surface area contributed by atoms with Gasteiger partial charge < -0.3 is 37.2 Å². The van der Waals surface area contributed by atoms with Crippen molar-refractivity contribution in [2.24, 2.45) is 0 Å². The Bertz CT molecular complexity index is 7150. The van der Waals surface area contributed by atoms with Crippen molar-refractivity contribution in [3.05, 3.63) is 316 Å². The number of imide groups is 3. The second-order valence-electron chi connectivity index (χ2n) is 36.2. The second-order valence-corrected chi connectivity index (χ2v) is 36.2. The van der Waals surface area contributed by atoms with Crippen molar-refractivity contribution in [3.63, 3.8) is 0 Å². The van der Waals surface area contributed by atoms with Crippen LogP contribution in [0.5, 0.6) is 0 Å². The Kier molecular flexibility index (Phi) is 21.6. The van der Waals surface area contributed by atoms with Gasteiger partial charge in [0.15, 0.2) is 0 Å². The molecule has 2 saturated heterocycles. The van der Waals surface area contributed by atoms with E-state index in [1.54, 1.807) is 0 Å². The van der Waals surface area contributed by atoms with E-state index in [-0.39, 0.29) is 35.4 Å². The molecule has 0 aliphatic carbocycles. The summed E-state index contributed by atoms with van der Waals surface area (Å²) in [4.78, 5) is 101. The average Bonchev–Trinajstić information content (AvgIpc) is 1.59. The summed E-state index contributed by atoms with van der Waals surface area (Å²) in [7, 11) is 0. The Morgan fingerprint density at radius 1 is 0.262 bits per heavy atom. The van der Waals surface area contributed by atoms with E-state index >= 15 is 0 Å². The minimum Gasteiger partial charge on any atom is -0.357 e. The van der Waals surface area contributed by atoms with Gasteiger partial charge in [0.05, 0.1) is 39.1 Å². The molecule has 9 aromatic heterocycles. The van der Waals surface area contributed by atoms with Gasteiger partial charge in [0.2, 0.25) is 0 Å². The first kappa shape index (κ1) is 81.2. The molecule has 18 bridgehead atoms. The van der Waals surface area contributed by atoms with Crippen LogP contribution in [0.25, 0.3) is 110 Å². The Morgan fingerprint density at radius 2 is 0.569 bits per heavy atom. The van der Waals surface area contributed by atoms with E-state index < -0.39 is 0 Å². The maximum atomic E-state index is 13.5. The molecule has 7 aromatic carbocycles. The fourth-order valence-corrected chi connectivity index (χ4v) is 21.5. The number of carbonyl (C=O) groups excluding carboxylic acids is 6. The molecule has 16 aromatic rings. The molecule has 0 unspecified atom stereocenters. The number of fused-ring (bicyclic) bond motifs is 38. The Morgan fingerprint density at radius 3 is 0.946 bits per heavy atom. The number of hydrogen-bond donors (Lipinski definition) is 3. The number of rotatable bonds is 3. The summed E-state index contributed by atoms with van der Waals surface area (Å²) in [6.07, 6.45) is 30.7. The van der Waals surface area contributed by atoms with E-state index in [9.17, 15) is 28.8 Å². The normalized spacial score (nSPS) is 17.0. The zero-order chi connectivity index (χ0) is 87.6. The summed E-state index contributed by atoms with van der Waals surface area (Å²) in [5, 5.41) is 13.8. The van der Waals surface area contributed by atoms with Crippen LogP contribution in [0.2, 0.25) is 0 Å². The minimum atomic E-state index is -0.341. The summed E-state index contributed by atoms with van der Waals surface area (Å²) >= 11 is 0. The van der Waals surface area contributed by atoms with Crippen LogP contribution in [-0.2, 0) is 107 Å². The molecular formula is C110H102N14O6. The molecule has 20 nitrogen and oxygen atoms in total. The molecule has 9 aliphatic rings. The van der Waals surface area contributed by atoms with Gasteiger partial charge in [0.25, 0.3) is 35.4 Å². The van der Waals surface area contributed by atoms with Crippen molar-refractivity contribution in [2.45, 2.75) is 162 Å². The van der Waals surface area contributed by atoms with Crippen LogP contribution in [0.15, 0.2) is 243 Å².